The summed E-state index contributed by atoms with van der Waals surface area (Å²) < 4.78 is 11.4. The molecule has 0 N–H and O–H groups in total. The lowest BCUT2D eigenvalue weighted by Gasteiger charge is -2.23. The van der Waals surface area contributed by atoms with E-state index in [-0.39, 0.29) is 25.9 Å². The molecule has 0 radical (unpaired) electrons. The molecule has 2 heteroatoms. The van der Waals surface area contributed by atoms with Gasteiger partial charge in [0.15, 0.2) is 6.29 Å². The zero-order chi connectivity index (χ0) is 11.3. The van der Waals surface area contributed by atoms with Gasteiger partial charge in [-0.3, -0.25) is 0 Å². The molecule has 0 amide bonds. The van der Waals surface area contributed by atoms with E-state index in [4.69, 9.17) is 9.47 Å². The van der Waals surface area contributed by atoms with Crippen molar-refractivity contribution in [2.45, 2.75) is 53.6 Å². The zero-order valence-corrected chi connectivity index (χ0v) is 9.94. The summed E-state index contributed by atoms with van der Waals surface area (Å²) in [5.74, 6) is 0. The molecule has 0 spiro atoms. The molecule has 0 aliphatic rings. The van der Waals surface area contributed by atoms with Gasteiger partial charge in [-0.25, -0.2) is 0 Å². The number of benzene rings is 1. The molecule has 0 saturated carbocycles. The van der Waals surface area contributed by atoms with Crippen molar-refractivity contribution in [1.82, 2.24) is 0 Å². The van der Waals surface area contributed by atoms with Gasteiger partial charge >= 0.3 is 0 Å². The van der Waals surface area contributed by atoms with Crippen LogP contribution in [0.25, 0.3) is 0 Å². The van der Waals surface area contributed by atoms with Gasteiger partial charge in [-0.05, 0) is 27.7 Å². The Morgan fingerprint density at radius 2 is 1.25 bits per heavy atom. The fourth-order valence-corrected chi connectivity index (χ4v) is 1.29. The van der Waals surface area contributed by atoms with Crippen molar-refractivity contribution in [3.8, 4) is 0 Å². The van der Waals surface area contributed by atoms with Crippen LogP contribution < -0.4 is 0 Å². The average Bonchev–Trinajstić information content (AvgIpc) is 2.17. The fourth-order valence-electron chi connectivity index (χ4n) is 1.29. The second kappa shape index (κ2) is 7.42. The minimum atomic E-state index is -0.258. The topological polar surface area (TPSA) is 18.5 Å². The first kappa shape index (κ1) is 15.1. The van der Waals surface area contributed by atoms with E-state index in [0.29, 0.717) is 0 Å². The minimum absolute atomic E-state index is 0. The lowest BCUT2D eigenvalue weighted by Crippen LogP contribution is -2.17. The van der Waals surface area contributed by atoms with Gasteiger partial charge in [0.2, 0.25) is 0 Å². The van der Waals surface area contributed by atoms with E-state index in [2.05, 4.69) is 0 Å². The predicted molar refractivity (Wildman–Crippen MR) is 68.4 cm³/mol. The third-order valence-electron chi connectivity index (χ3n) is 1.86. The van der Waals surface area contributed by atoms with Gasteiger partial charge in [0, 0.05) is 5.56 Å². The van der Waals surface area contributed by atoms with Gasteiger partial charge in [-0.15, -0.1) is 0 Å². The molecule has 0 saturated heterocycles. The van der Waals surface area contributed by atoms with Gasteiger partial charge in [0.05, 0.1) is 12.2 Å². The summed E-state index contributed by atoms with van der Waals surface area (Å²) in [6, 6.07) is 10.0. The van der Waals surface area contributed by atoms with Gasteiger partial charge < -0.3 is 9.47 Å². The first-order valence-corrected chi connectivity index (χ1v) is 5.45. The SMILES string of the molecule is C.CC(C)OC(OC(C)C)c1ccccc1. The summed E-state index contributed by atoms with van der Waals surface area (Å²) in [6.45, 7) is 8.05. The molecular weight excluding hydrogens is 200 g/mol. The van der Waals surface area contributed by atoms with Crippen LogP contribution >= 0.6 is 0 Å². The molecule has 0 fully saturated rings. The highest BCUT2D eigenvalue weighted by molar-refractivity contribution is 5.16. The molecule has 0 aromatic heterocycles. The second-order valence-electron chi connectivity index (χ2n) is 4.11. The Balaban J connectivity index is 0.00000225. The second-order valence-corrected chi connectivity index (χ2v) is 4.11. The lowest BCUT2D eigenvalue weighted by atomic mass is 10.2. The first-order valence-electron chi connectivity index (χ1n) is 5.45. The Labute approximate surface area is 99.6 Å². The normalized spacial score (nSPS) is 10.9. The number of rotatable bonds is 5. The molecule has 1 aromatic rings. The van der Waals surface area contributed by atoms with Crippen LogP contribution in [-0.2, 0) is 9.47 Å². The van der Waals surface area contributed by atoms with E-state index in [1.54, 1.807) is 0 Å². The Kier molecular flexibility index (Phi) is 7.02. The zero-order valence-electron chi connectivity index (χ0n) is 9.94. The Hall–Kier alpha value is -0.860. The molecule has 2 nitrogen and oxygen atoms in total. The molecule has 1 rings (SSSR count). The first-order chi connectivity index (χ1) is 7.09. The molecule has 0 unspecified atom stereocenters. The number of ether oxygens (including phenoxy) is 2. The van der Waals surface area contributed by atoms with Crippen LogP contribution in [0.5, 0.6) is 0 Å². The van der Waals surface area contributed by atoms with Crippen LogP contribution in [-0.4, -0.2) is 12.2 Å². The van der Waals surface area contributed by atoms with Gasteiger partial charge in [-0.2, -0.15) is 0 Å². The molecule has 0 aliphatic heterocycles. The van der Waals surface area contributed by atoms with Crippen molar-refractivity contribution in [2.75, 3.05) is 0 Å². The molecule has 0 atom stereocenters. The van der Waals surface area contributed by atoms with E-state index >= 15 is 0 Å². The fraction of sp³-hybridized carbons (Fsp3) is 0.571. The standard InChI is InChI=1S/C13H20O2.CH4/c1-10(2)14-13(15-11(3)4)12-8-6-5-7-9-12;/h5-11,13H,1-4H3;1H4. The highest BCUT2D eigenvalue weighted by Crippen LogP contribution is 2.21. The third kappa shape index (κ3) is 5.29. The van der Waals surface area contributed by atoms with Crippen molar-refractivity contribution in [1.29, 1.82) is 0 Å². The highest BCUT2D eigenvalue weighted by atomic mass is 16.7. The average molecular weight is 224 g/mol. The Bertz CT molecular complexity index is 257. The molecule has 0 bridgehead atoms. The molecule has 0 heterocycles. The van der Waals surface area contributed by atoms with Crippen LogP contribution in [0.3, 0.4) is 0 Å². The third-order valence-corrected chi connectivity index (χ3v) is 1.86. The molecule has 1 aromatic carbocycles. The maximum Gasteiger partial charge on any atom is 0.184 e. The predicted octanol–water partition coefficient (Wildman–Crippen LogP) is 4.17. The number of hydrogen-bond acceptors (Lipinski definition) is 2. The highest BCUT2D eigenvalue weighted by Gasteiger charge is 2.15. The van der Waals surface area contributed by atoms with Crippen molar-refractivity contribution >= 4 is 0 Å². The van der Waals surface area contributed by atoms with E-state index in [1.807, 2.05) is 58.0 Å². The molecular formula is C14H24O2. The van der Waals surface area contributed by atoms with Gasteiger partial charge in [-0.1, -0.05) is 37.8 Å². The van der Waals surface area contributed by atoms with Crippen LogP contribution in [0.15, 0.2) is 30.3 Å². The van der Waals surface area contributed by atoms with Crippen molar-refractivity contribution in [3.05, 3.63) is 35.9 Å². The van der Waals surface area contributed by atoms with E-state index < -0.39 is 0 Å². The van der Waals surface area contributed by atoms with E-state index in [0.717, 1.165) is 5.56 Å². The van der Waals surface area contributed by atoms with Crippen LogP contribution in [0.2, 0.25) is 0 Å². The van der Waals surface area contributed by atoms with Crippen molar-refractivity contribution in [3.63, 3.8) is 0 Å². The van der Waals surface area contributed by atoms with Gasteiger partial charge in [0.1, 0.15) is 0 Å². The Morgan fingerprint density at radius 1 is 0.812 bits per heavy atom. The largest absolute Gasteiger partial charge is 0.346 e. The summed E-state index contributed by atoms with van der Waals surface area (Å²) in [4.78, 5) is 0. The van der Waals surface area contributed by atoms with Crippen LogP contribution in [0.4, 0.5) is 0 Å². The Morgan fingerprint density at radius 3 is 1.62 bits per heavy atom. The summed E-state index contributed by atoms with van der Waals surface area (Å²) in [6.07, 6.45) is 0.0640. The molecule has 92 valence electrons. The van der Waals surface area contributed by atoms with Crippen LogP contribution in [0, 0.1) is 0 Å². The maximum absolute atomic E-state index is 5.72. The smallest absolute Gasteiger partial charge is 0.184 e. The summed E-state index contributed by atoms with van der Waals surface area (Å²) in [7, 11) is 0. The van der Waals surface area contributed by atoms with Crippen LogP contribution in [0.1, 0.15) is 47.0 Å². The summed E-state index contributed by atoms with van der Waals surface area (Å²) in [5, 5.41) is 0. The maximum atomic E-state index is 5.72. The molecule has 16 heavy (non-hydrogen) atoms. The lowest BCUT2D eigenvalue weighted by molar-refractivity contribution is -0.185. The minimum Gasteiger partial charge on any atom is -0.346 e. The summed E-state index contributed by atoms with van der Waals surface area (Å²) in [5.41, 5.74) is 1.07. The number of hydrogen-bond donors (Lipinski definition) is 0. The molecule has 0 aliphatic carbocycles. The van der Waals surface area contributed by atoms with E-state index in [9.17, 15) is 0 Å². The van der Waals surface area contributed by atoms with E-state index in [1.165, 1.54) is 0 Å². The quantitative estimate of drug-likeness (QED) is 0.699. The van der Waals surface area contributed by atoms with Crippen molar-refractivity contribution < 1.29 is 9.47 Å². The monoisotopic (exact) mass is 224 g/mol. The van der Waals surface area contributed by atoms with Crippen molar-refractivity contribution in [2.24, 2.45) is 0 Å². The summed E-state index contributed by atoms with van der Waals surface area (Å²) >= 11 is 0. The van der Waals surface area contributed by atoms with Gasteiger partial charge in [0.25, 0.3) is 0 Å².